The fourth-order valence-electron chi connectivity index (χ4n) is 3.80. The fourth-order valence-corrected chi connectivity index (χ4v) is 4.11. The van der Waals surface area contributed by atoms with Crippen LogP contribution in [-0.2, 0) is 21.6 Å². The van der Waals surface area contributed by atoms with Gasteiger partial charge in [0.2, 0.25) is 0 Å². The van der Waals surface area contributed by atoms with E-state index in [-0.39, 0.29) is 6.42 Å². The standard InChI is InChI=1S/C18H19ClN2O3/c1-3-5-18(8-14(22)23)17-11(4-6-24-18)15-12(9-20)10(2)7-13(19)16(15)21-17/h7,21H,3-6,8H2,1-2H3,(H,22,23). The van der Waals surface area contributed by atoms with Crippen LogP contribution in [0.1, 0.15) is 48.6 Å². The van der Waals surface area contributed by atoms with Crippen molar-refractivity contribution in [1.82, 2.24) is 4.98 Å². The Hall–Kier alpha value is -2.03. The number of nitrogens with one attached hydrogen (secondary N) is 1. The van der Waals surface area contributed by atoms with Gasteiger partial charge in [0, 0.05) is 5.39 Å². The summed E-state index contributed by atoms with van der Waals surface area (Å²) < 4.78 is 5.98. The summed E-state index contributed by atoms with van der Waals surface area (Å²) in [6.45, 7) is 4.30. The molecule has 2 aromatic rings. The smallest absolute Gasteiger partial charge is 0.306 e. The van der Waals surface area contributed by atoms with Crippen molar-refractivity contribution in [3.8, 4) is 6.07 Å². The van der Waals surface area contributed by atoms with E-state index >= 15 is 0 Å². The van der Waals surface area contributed by atoms with E-state index in [2.05, 4.69) is 11.1 Å². The van der Waals surface area contributed by atoms with Gasteiger partial charge in [0.1, 0.15) is 11.7 Å². The minimum absolute atomic E-state index is 0.112. The number of carboxylic acids is 1. The highest BCUT2D eigenvalue weighted by atomic mass is 35.5. The van der Waals surface area contributed by atoms with Crippen molar-refractivity contribution in [3.05, 3.63) is 33.5 Å². The Kier molecular flexibility index (Phi) is 4.29. The molecule has 2 N–H and O–H groups in total. The number of fused-ring (bicyclic) bond motifs is 3. The molecule has 0 amide bonds. The van der Waals surface area contributed by atoms with Crippen LogP contribution in [0, 0.1) is 18.3 Å². The number of hydrogen-bond acceptors (Lipinski definition) is 3. The largest absolute Gasteiger partial charge is 0.481 e. The Morgan fingerprint density at radius 1 is 1.58 bits per heavy atom. The lowest BCUT2D eigenvalue weighted by Crippen LogP contribution is -2.37. The topological polar surface area (TPSA) is 86.1 Å². The molecule has 0 aliphatic carbocycles. The number of benzene rings is 1. The zero-order valence-electron chi connectivity index (χ0n) is 13.7. The average molecular weight is 347 g/mol. The van der Waals surface area contributed by atoms with Crippen LogP contribution in [0.4, 0.5) is 0 Å². The second kappa shape index (κ2) is 6.12. The van der Waals surface area contributed by atoms with Crippen LogP contribution in [0.15, 0.2) is 6.07 Å². The van der Waals surface area contributed by atoms with Crippen molar-refractivity contribution >= 4 is 28.5 Å². The fraction of sp³-hybridized carbons (Fsp3) is 0.444. The number of rotatable bonds is 4. The van der Waals surface area contributed by atoms with Crippen LogP contribution < -0.4 is 0 Å². The quantitative estimate of drug-likeness (QED) is 0.874. The highest BCUT2D eigenvalue weighted by Gasteiger charge is 2.42. The molecular formula is C18H19ClN2O3. The monoisotopic (exact) mass is 346 g/mol. The van der Waals surface area contributed by atoms with Crippen molar-refractivity contribution in [2.45, 2.75) is 45.1 Å². The van der Waals surface area contributed by atoms with Gasteiger partial charge in [-0.15, -0.1) is 0 Å². The first-order chi connectivity index (χ1) is 11.4. The lowest BCUT2D eigenvalue weighted by molar-refractivity contribution is -0.149. The van der Waals surface area contributed by atoms with E-state index in [1.165, 1.54) is 0 Å². The molecule has 1 atom stereocenters. The molecule has 1 unspecified atom stereocenters. The minimum Gasteiger partial charge on any atom is -0.481 e. The lowest BCUT2D eigenvalue weighted by Gasteiger charge is -2.36. The van der Waals surface area contributed by atoms with Crippen LogP contribution in [0.2, 0.25) is 5.02 Å². The van der Waals surface area contributed by atoms with Gasteiger partial charge in [-0.1, -0.05) is 24.9 Å². The minimum atomic E-state index is -0.905. The maximum Gasteiger partial charge on any atom is 0.306 e. The number of carbonyl (C=O) groups is 1. The third-order valence-electron chi connectivity index (χ3n) is 4.72. The average Bonchev–Trinajstić information content (AvgIpc) is 2.89. The Morgan fingerprint density at radius 3 is 2.96 bits per heavy atom. The van der Waals surface area contributed by atoms with E-state index in [1.54, 1.807) is 6.07 Å². The summed E-state index contributed by atoms with van der Waals surface area (Å²) >= 11 is 6.39. The van der Waals surface area contributed by atoms with Crippen LogP contribution in [0.3, 0.4) is 0 Å². The maximum absolute atomic E-state index is 11.4. The molecule has 5 nitrogen and oxygen atoms in total. The van der Waals surface area contributed by atoms with Crippen molar-refractivity contribution in [2.24, 2.45) is 0 Å². The third-order valence-corrected chi connectivity index (χ3v) is 5.02. The van der Waals surface area contributed by atoms with E-state index in [1.807, 2.05) is 13.8 Å². The van der Waals surface area contributed by atoms with Gasteiger partial charge in [0.15, 0.2) is 0 Å². The van der Waals surface area contributed by atoms with Crippen LogP contribution in [0.5, 0.6) is 0 Å². The normalized spacial score (nSPS) is 19.9. The lowest BCUT2D eigenvalue weighted by atomic mass is 9.84. The second-order valence-electron chi connectivity index (χ2n) is 6.30. The summed E-state index contributed by atoms with van der Waals surface area (Å²) in [7, 11) is 0. The molecule has 24 heavy (non-hydrogen) atoms. The van der Waals surface area contributed by atoms with Crippen LogP contribution in [0.25, 0.3) is 10.9 Å². The molecule has 2 heterocycles. The molecule has 1 aromatic heterocycles. The molecule has 0 radical (unpaired) electrons. The van der Waals surface area contributed by atoms with Crippen molar-refractivity contribution in [1.29, 1.82) is 5.26 Å². The number of aromatic amines is 1. The van der Waals surface area contributed by atoms with Gasteiger partial charge in [0.05, 0.1) is 34.8 Å². The van der Waals surface area contributed by atoms with Crippen molar-refractivity contribution < 1.29 is 14.6 Å². The number of H-pyrrole nitrogens is 1. The number of halogens is 1. The first-order valence-corrected chi connectivity index (χ1v) is 8.41. The zero-order chi connectivity index (χ0) is 17.5. The molecule has 1 aromatic carbocycles. The number of carboxylic acid groups (broad SMARTS) is 1. The number of nitriles is 1. The molecule has 0 fully saturated rings. The van der Waals surface area contributed by atoms with Gasteiger partial charge in [-0.05, 0) is 37.0 Å². The predicted octanol–water partition coefficient (Wildman–Crippen LogP) is 4.04. The second-order valence-corrected chi connectivity index (χ2v) is 6.71. The Labute approximate surface area is 145 Å². The van der Waals surface area contributed by atoms with E-state index < -0.39 is 11.6 Å². The van der Waals surface area contributed by atoms with Crippen molar-refractivity contribution in [2.75, 3.05) is 6.61 Å². The third kappa shape index (κ3) is 2.47. The molecule has 0 saturated carbocycles. The number of nitrogens with zero attached hydrogens (tertiary/aromatic N) is 1. The van der Waals surface area contributed by atoms with Gasteiger partial charge in [-0.25, -0.2) is 0 Å². The number of hydrogen-bond donors (Lipinski definition) is 2. The molecule has 0 saturated heterocycles. The van der Waals surface area contributed by atoms with E-state index in [0.29, 0.717) is 35.6 Å². The summed E-state index contributed by atoms with van der Waals surface area (Å²) in [5.74, 6) is -0.905. The Balaban J connectivity index is 2.34. The summed E-state index contributed by atoms with van der Waals surface area (Å²) in [4.78, 5) is 14.7. The number of aromatic nitrogens is 1. The summed E-state index contributed by atoms with van der Waals surface area (Å²) in [6.07, 6.45) is 1.91. The van der Waals surface area contributed by atoms with Crippen molar-refractivity contribution in [3.63, 3.8) is 0 Å². The molecule has 0 bridgehead atoms. The number of aryl methyl sites for hydroxylation is 1. The summed E-state index contributed by atoms with van der Waals surface area (Å²) in [6, 6.07) is 4.03. The number of ether oxygens (including phenoxy) is 1. The Bertz CT molecular complexity index is 865. The van der Waals surface area contributed by atoms with Gasteiger partial charge < -0.3 is 14.8 Å². The predicted molar refractivity (Wildman–Crippen MR) is 91.3 cm³/mol. The van der Waals surface area contributed by atoms with E-state index in [9.17, 15) is 15.2 Å². The number of aliphatic carboxylic acids is 1. The first-order valence-electron chi connectivity index (χ1n) is 8.03. The summed E-state index contributed by atoms with van der Waals surface area (Å²) in [5, 5.41) is 20.3. The van der Waals surface area contributed by atoms with Crippen LogP contribution in [-0.4, -0.2) is 22.7 Å². The molecule has 1 aliphatic rings. The maximum atomic E-state index is 11.4. The van der Waals surface area contributed by atoms with Crippen LogP contribution >= 0.6 is 11.6 Å². The molecule has 1 aliphatic heterocycles. The van der Waals surface area contributed by atoms with Gasteiger partial charge >= 0.3 is 5.97 Å². The molecule has 126 valence electrons. The van der Waals surface area contributed by atoms with E-state index in [4.69, 9.17) is 16.3 Å². The molecular weight excluding hydrogens is 328 g/mol. The SMILES string of the molecule is CCCC1(CC(=O)O)OCCc2c1[nH]c1c(Cl)cc(C)c(C#N)c21. The molecule has 0 spiro atoms. The summed E-state index contributed by atoms with van der Waals surface area (Å²) in [5.41, 5.74) is 2.94. The Morgan fingerprint density at radius 2 is 2.33 bits per heavy atom. The zero-order valence-corrected chi connectivity index (χ0v) is 14.5. The molecule has 6 heteroatoms. The first kappa shape index (κ1) is 16.8. The molecule has 3 rings (SSSR count). The van der Waals surface area contributed by atoms with Gasteiger partial charge in [-0.2, -0.15) is 5.26 Å². The highest BCUT2D eigenvalue weighted by molar-refractivity contribution is 6.35. The van der Waals surface area contributed by atoms with Gasteiger partial charge in [-0.3, -0.25) is 4.79 Å². The highest BCUT2D eigenvalue weighted by Crippen LogP contribution is 2.44. The van der Waals surface area contributed by atoms with Gasteiger partial charge in [0.25, 0.3) is 0 Å². The van der Waals surface area contributed by atoms with E-state index in [0.717, 1.165) is 28.6 Å².